The average Bonchev–Trinajstić information content (AvgIpc) is 3.04. The molecule has 1 heterocycles. The Morgan fingerprint density at radius 3 is 2.86 bits per heavy atom. The Kier molecular flexibility index (Phi) is 5.74. The molecule has 3 rings (SSSR count). The molecule has 3 N–H and O–H groups in total. The van der Waals surface area contributed by atoms with E-state index in [1.54, 1.807) is 17.5 Å². The Morgan fingerprint density at radius 1 is 1.36 bits per heavy atom. The molecule has 1 aliphatic rings. The van der Waals surface area contributed by atoms with Crippen LogP contribution in [0.1, 0.15) is 19.3 Å². The molecule has 0 spiro atoms. The second-order valence-electron chi connectivity index (χ2n) is 5.39. The van der Waals surface area contributed by atoms with E-state index < -0.39 is 10.0 Å². The largest absolute Gasteiger partial charge is 0.330 e. The summed E-state index contributed by atoms with van der Waals surface area (Å²) in [5.41, 5.74) is 5.72. The van der Waals surface area contributed by atoms with E-state index in [4.69, 9.17) is 17.3 Å². The average molecular weight is 381 g/mol. The van der Waals surface area contributed by atoms with Gasteiger partial charge < -0.3 is 5.73 Å². The fourth-order valence-corrected chi connectivity index (χ4v) is 5.91. The molecule has 122 valence electrons. The quantitative estimate of drug-likeness (QED) is 0.853. The number of thiophene rings is 1. The van der Waals surface area contributed by atoms with E-state index >= 15 is 0 Å². The van der Waals surface area contributed by atoms with Gasteiger partial charge in [-0.1, -0.05) is 18.0 Å². The molecule has 1 aliphatic carbocycles. The van der Waals surface area contributed by atoms with Gasteiger partial charge in [-0.25, -0.2) is 13.1 Å². The van der Waals surface area contributed by atoms with Crippen LogP contribution in [0.4, 0.5) is 0 Å². The van der Waals surface area contributed by atoms with Crippen molar-refractivity contribution in [1.29, 1.82) is 0 Å². The van der Waals surface area contributed by atoms with Crippen molar-refractivity contribution in [2.45, 2.75) is 30.2 Å². The number of halogens is 2. The van der Waals surface area contributed by atoms with Crippen LogP contribution in [0.5, 0.6) is 0 Å². The number of fused-ring (bicyclic) bond motifs is 1. The molecule has 2 unspecified atom stereocenters. The van der Waals surface area contributed by atoms with Crippen LogP contribution in [0, 0.1) is 5.92 Å². The van der Waals surface area contributed by atoms with Crippen LogP contribution in [-0.4, -0.2) is 21.0 Å². The van der Waals surface area contributed by atoms with E-state index in [0.29, 0.717) is 21.8 Å². The van der Waals surface area contributed by atoms with Gasteiger partial charge in [-0.15, -0.1) is 23.7 Å². The van der Waals surface area contributed by atoms with Gasteiger partial charge in [0.2, 0.25) is 10.0 Å². The summed E-state index contributed by atoms with van der Waals surface area (Å²) in [6.45, 7) is 0.517. The topological polar surface area (TPSA) is 72.2 Å². The predicted molar refractivity (Wildman–Crippen MR) is 94.6 cm³/mol. The van der Waals surface area contributed by atoms with Gasteiger partial charge in [0, 0.05) is 26.5 Å². The summed E-state index contributed by atoms with van der Waals surface area (Å²) >= 11 is 7.40. The number of benzene rings is 1. The van der Waals surface area contributed by atoms with Crippen molar-refractivity contribution >= 4 is 55.5 Å². The third kappa shape index (κ3) is 3.42. The van der Waals surface area contributed by atoms with E-state index in [1.807, 2.05) is 6.07 Å². The van der Waals surface area contributed by atoms with Crippen LogP contribution in [-0.2, 0) is 10.0 Å². The summed E-state index contributed by atoms with van der Waals surface area (Å²) in [6.07, 6.45) is 2.86. The first-order valence-corrected chi connectivity index (χ1v) is 9.64. The molecule has 1 fully saturated rings. The highest BCUT2D eigenvalue weighted by molar-refractivity contribution is 7.90. The number of nitrogens with one attached hydrogen (secondary N) is 1. The van der Waals surface area contributed by atoms with Crippen LogP contribution >= 0.6 is 35.3 Å². The summed E-state index contributed by atoms with van der Waals surface area (Å²) < 4.78 is 29.0. The Balaban J connectivity index is 0.00000176. The Morgan fingerprint density at radius 2 is 2.14 bits per heavy atom. The van der Waals surface area contributed by atoms with Gasteiger partial charge in [-0.05, 0) is 43.5 Å². The van der Waals surface area contributed by atoms with Gasteiger partial charge in [-0.2, -0.15) is 0 Å². The minimum Gasteiger partial charge on any atom is -0.330 e. The van der Waals surface area contributed by atoms with Crippen molar-refractivity contribution in [1.82, 2.24) is 4.72 Å². The second kappa shape index (κ2) is 7.03. The number of hydrogen-bond donors (Lipinski definition) is 2. The molecule has 4 nitrogen and oxygen atoms in total. The summed E-state index contributed by atoms with van der Waals surface area (Å²) in [5, 5.41) is 2.90. The van der Waals surface area contributed by atoms with Crippen LogP contribution in [0.15, 0.2) is 28.5 Å². The maximum atomic E-state index is 12.6. The van der Waals surface area contributed by atoms with Crippen molar-refractivity contribution in [2.24, 2.45) is 11.7 Å². The monoisotopic (exact) mass is 380 g/mol. The summed E-state index contributed by atoms with van der Waals surface area (Å²) in [4.78, 5) is 0.313. The lowest BCUT2D eigenvalue weighted by Crippen LogP contribution is -2.39. The van der Waals surface area contributed by atoms with Crippen LogP contribution in [0.2, 0.25) is 5.02 Å². The Hall–Kier alpha value is -0.370. The molecular weight excluding hydrogens is 363 g/mol. The first-order valence-electron chi connectivity index (χ1n) is 6.90. The molecule has 0 saturated heterocycles. The van der Waals surface area contributed by atoms with E-state index in [1.165, 1.54) is 11.3 Å². The fraction of sp³-hybridized carbons (Fsp3) is 0.429. The summed E-state index contributed by atoms with van der Waals surface area (Å²) in [7, 11) is -3.54. The van der Waals surface area contributed by atoms with E-state index in [0.717, 1.165) is 24.0 Å². The highest BCUT2D eigenvalue weighted by atomic mass is 35.5. The summed E-state index contributed by atoms with van der Waals surface area (Å²) in [6, 6.07) is 5.26. The van der Waals surface area contributed by atoms with Gasteiger partial charge in [0.05, 0.1) is 0 Å². The molecule has 1 aromatic heterocycles. The Bertz CT molecular complexity index is 761. The van der Waals surface area contributed by atoms with Gasteiger partial charge in [0.1, 0.15) is 4.90 Å². The molecule has 8 heteroatoms. The predicted octanol–water partition coefficient (Wildman–Crippen LogP) is 3.38. The maximum Gasteiger partial charge on any atom is 0.242 e. The molecule has 2 aromatic rings. The zero-order chi connectivity index (χ0) is 15.0. The minimum atomic E-state index is -3.54. The van der Waals surface area contributed by atoms with Crippen LogP contribution in [0.25, 0.3) is 10.1 Å². The van der Waals surface area contributed by atoms with Crippen molar-refractivity contribution in [3.63, 3.8) is 0 Å². The lowest BCUT2D eigenvalue weighted by Gasteiger charge is -2.19. The zero-order valence-corrected chi connectivity index (χ0v) is 15.0. The maximum absolute atomic E-state index is 12.6. The molecule has 0 bridgehead atoms. The number of hydrogen-bond acceptors (Lipinski definition) is 4. The molecule has 2 atom stereocenters. The first-order chi connectivity index (χ1) is 10.0. The Labute approximate surface area is 145 Å². The van der Waals surface area contributed by atoms with Crippen LogP contribution < -0.4 is 10.5 Å². The molecule has 0 radical (unpaired) electrons. The molecule has 1 aromatic carbocycles. The smallest absolute Gasteiger partial charge is 0.242 e. The van der Waals surface area contributed by atoms with Gasteiger partial charge in [0.25, 0.3) is 0 Å². The first kappa shape index (κ1) is 18.0. The molecular formula is C14H18Cl2N2O2S2. The molecule has 0 amide bonds. The van der Waals surface area contributed by atoms with Crippen molar-refractivity contribution < 1.29 is 8.42 Å². The van der Waals surface area contributed by atoms with E-state index in [2.05, 4.69) is 4.72 Å². The standard InChI is InChI=1S/C14H17ClN2O2S2.ClH/c15-10-4-5-13-11(6-10)14(8-20-13)21(18,19)17-12-3-1-2-9(12)7-16;/h4-6,8-9,12,17H,1-3,7,16H2;1H. The third-order valence-corrected chi connectivity index (χ3v) is 6.94. The summed E-state index contributed by atoms with van der Waals surface area (Å²) in [5.74, 6) is 0.230. The minimum absolute atomic E-state index is 0. The van der Waals surface area contributed by atoms with Crippen molar-refractivity contribution in [3.05, 3.63) is 28.6 Å². The molecule has 1 saturated carbocycles. The SMILES string of the molecule is Cl.NCC1CCCC1NS(=O)(=O)c1csc2ccc(Cl)cc12. The van der Waals surface area contributed by atoms with Crippen molar-refractivity contribution in [2.75, 3.05) is 6.54 Å². The lowest BCUT2D eigenvalue weighted by atomic mass is 10.1. The van der Waals surface area contributed by atoms with Gasteiger partial charge in [0.15, 0.2) is 0 Å². The highest BCUT2D eigenvalue weighted by Crippen LogP contribution is 2.33. The lowest BCUT2D eigenvalue weighted by molar-refractivity contribution is 0.453. The fourth-order valence-electron chi connectivity index (χ4n) is 2.92. The van der Waals surface area contributed by atoms with E-state index in [9.17, 15) is 8.42 Å². The van der Waals surface area contributed by atoms with Gasteiger partial charge >= 0.3 is 0 Å². The van der Waals surface area contributed by atoms with Crippen molar-refractivity contribution in [3.8, 4) is 0 Å². The molecule has 22 heavy (non-hydrogen) atoms. The molecule has 0 aliphatic heterocycles. The zero-order valence-electron chi connectivity index (χ0n) is 11.8. The normalized spacial score (nSPS) is 21.9. The number of rotatable bonds is 4. The van der Waals surface area contributed by atoms with Crippen LogP contribution in [0.3, 0.4) is 0 Å². The van der Waals surface area contributed by atoms with Gasteiger partial charge in [-0.3, -0.25) is 0 Å². The third-order valence-electron chi connectivity index (χ3n) is 4.06. The number of nitrogens with two attached hydrogens (primary N) is 1. The second-order valence-corrected chi connectivity index (χ2v) is 8.42. The van der Waals surface area contributed by atoms with E-state index in [-0.39, 0.29) is 24.4 Å². The highest BCUT2D eigenvalue weighted by Gasteiger charge is 2.31. The number of sulfonamides is 1.